The lowest BCUT2D eigenvalue weighted by atomic mass is 10.2. The van der Waals surface area contributed by atoms with Crippen LogP contribution in [-0.2, 0) is 6.61 Å². The number of nitrogens with zero attached hydrogens (tertiary/aromatic N) is 1. The van der Waals surface area contributed by atoms with Crippen LogP contribution in [0.15, 0.2) is 12.3 Å². The van der Waals surface area contributed by atoms with Crippen molar-refractivity contribution >= 4 is 0 Å². The first-order valence-corrected chi connectivity index (χ1v) is 2.96. The standard InChI is InChI=1S/C7H8FNO/c1-5-6(8)2-3-9-7(5)4-10/h2-3,10H,4H2,1H3. The Bertz CT molecular complexity index is 237. The van der Waals surface area contributed by atoms with E-state index in [0.29, 0.717) is 11.3 Å². The summed E-state index contributed by atoms with van der Waals surface area (Å²) in [7, 11) is 0. The highest BCUT2D eigenvalue weighted by Gasteiger charge is 2.01. The highest BCUT2D eigenvalue weighted by molar-refractivity contribution is 5.18. The maximum absolute atomic E-state index is 12.6. The molecule has 0 amide bonds. The van der Waals surface area contributed by atoms with Gasteiger partial charge in [0, 0.05) is 11.8 Å². The molecular formula is C7H8FNO. The number of hydrogen-bond acceptors (Lipinski definition) is 2. The van der Waals surface area contributed by atoms with Gasteiger partial charge in [0.05, 0.1) is 12.3 Å². The highest BCUT2D eigenvalue weighted by Crippen LogP contribution is 2.07. The Kier molecular flexibility index (Phi) is 1.97. The summed E-state index contributed by atoms with van der Waals surface area (Å²) >= 11 is 0. The molecule has 0 fully saturated rings. The van der Waals surface area contributed by atoms with Crippen molar-refractivity contribution in [3.8, 4) is 0 Å². The minimum absolute atomic E-state index is 0.205. The van der Waals surface area contributed by atoms with Crippen LogP contribution in [0.4, 0.5) is 4.39 Å². The molecule has 0 unspecified atom stereocenters. The molecule has 0 aliphatic carbocycles. The predicted octanol–water partition coefficient (Wildman–Crippen LogP) is 1.02. The Morgan fingerprint density at radius 1 is 1.70 bits per heavy atom. The van der Waals surface area contributed by atoms with Crippen LogP contribution in [0.2, 0.25) is 0 Å². The molecule has 0 radical (unpaired) electrons. The maximum Gasteiger partial charge on any atom is 0.129 e. The van der Waals surface area contributed by atoms with Gasteiger partial charge in [-0.2, -0.15) is 0 Å². The van der Waals surface area contributed by atoms with Crippen molar-refractivity contribution in [2.75, 3.05) is 0 Å². The van der Waals surface area contributed by atoms with Crippen LogP contribution < -0.4 is 0 Å². The molecule has 1 heterocycles. The van der Waals surface area contributed by atoms with Gasteiger partial charge in [-0.05, 0) is 13.0 Å². The monoisotopic (exact) mass is 141 g/mol. The lowest BCUT2D eigenvalue weighted by Gasteiger charge is -1.99. The number of pyridine rings is 1. The number of aliphatic hydroxyl groups excluding tert-OH is 1. The van der Waals surface area contributed by atoms with Gasteiger partial charge < -0.3 is 5.11 Å². The van der Waals surface area contributed by atoms with E-state index in [2.05, 4.69) is 4.98 Å². The van der Waals surface area contributed by atoms with Gasteiger partial charge in [-0.1, -0.05) is 0 Å². The summed E-state index contributed by atoms with van der Waals surface area (Å²) in [6, 6.07) is 1.27. The van der Waals surface area contributed by atoms with E-state index in [1.807, 2.05) is 0 Å². The van der Waals surface area contributed by atoms with Crippen molar-refractivity contribution in [3.05, 3.63) is 29.3 Å². The Morgan fingerprint density at radius 3 is 2.90 bits per heavy atom. The second-order valence-electron chi connectivity index (χ2n) is 2.02. The molecule has 2 nitrogen and oxygen atoms in total. The first-order chi connectivity index (χ1) is 4.75. The fraction of sp³-hybridized carbons (Fsp3) is 0.286. The Morgan fingerprint density at radius 2 is 2.40 bits per heavy atom. The molecule has 3 heteroatoms. The Hall–Kier alpha value is -0.960. The number of aromatic nitrogens is 1. The molecule has 10 heavy (non-hydrogen) atoms. The summed E-state index contributed by atoms with van der Waals surface area (Å²) in [5.74, 6) is -0.320. The number of hydrogen-bond donors (Lipinski definition) is 1. The van der Waals surface area contributed by atoms with Gasteiger partial charge in [0.2, 0.25) is 0 Å². The molecular weight excluding hydrogens is 133 g/mol. The van der Waals surface area contributed by atoms with Crippen LogP contribution in [0.1, 0.15) is 11.3 Å². The maximum atomic E-state index is 12.6. The zero-order valence-electron chi connectivity index (χ0n) is 5.63. The summed E-state index contributed by atoms with van der Waals surface area (Å²) in [4.78, 5) is 3.77. The van der Waals surface area contributed by atoms with E-state index >= 15 is 0 Å². The first kappa shape index (κ1) is 7.15. The lowest BCUT2D eigenvalue weighted by molar-refractivity contribution is 0.275. The second kappa shape index (κ2) is 2.75. The molecule has 0 aromatic carbocycles. The van der Waals surface area contributed by atoms with Crippen LogP contribution in [-0.4, -0.2) is 10.1 Å². The third-order valence-electron chi connectivity index (χ3n) is 1.39. The fourth-order valence-corrected chi connectivity index (χ4v) is 0.712. The summed E-state index contributed by atoms with van der Waals surface area (Å²) in [5, 5.41) is 8.61. The summed E-state index contributed by atoms with van der Waals surface area (Å²) < 4.78 is 12.6. The molecule has 54 valence electrons. The average Bonchev–Trinajstić information content (AvgIpc) is 1.95. The van der Waals surface area contributed by atoms with Gasteiger partial charge in [-0.3, -0.25) is 4.98 Å². The number of aliphatic hydroxyl groups is 1. The molecule has 0 saturated carbocycles. The van der Waals surface area contributed by atoms with Crippen molar-refractivity contribution < 1.29 is 9.50 Å². The van der Waals surface area contributed by atoms with E-state index in [1.165, 1.54) is 12.3 Å². The molecule has 0 bridgehead atoms. The Balaban J connectivity index is 3.14. The minimum Gasteiger partial charge on any atom is -0.390 e. The molecule has 0 atom stereocenters. The van der Waals surface area contributed by atoms with Crippen molar-refractivity contribution in [2.24, 2.45) is 0 Å². The van der Waals surface area contributed by atoms with Gasteiger partial charge in [0.15, 0.2) is 0 Å². The fourth-order valence-electron chi connectivity index (χ4n) is 0.712. The van der Waals surface area contributed by atoms with Crippen LogP contribution in [0.3, 0.4) is 0 Å². The third kappa shape index (κ3) is 1.14. The van der Waals surface area contributed by atoms with E-state index in [4.69, 9.17) is 5.11 Å². The van der Waals surface area contributed by atoms with Crippen LogP contribution in [0, 0.1) is 12.7 Å². The smallest absolute Gasteiger partial charge is 0.129 e. The van der Waals surface area contributed by atoms with Crippen LogP contribution in [0.5, 0.6) is 0 Å². The molecule has 0 aliphatic heterocycles. The SMILES string of the molecule is Cc1c(F)ccnc1CO. The normalized spacial score (nSPS) is 9.90. The average molecular weight is 141 g/mol. The largest absolute Gasteiger partial charge is 0.390 e. The minimum atomic E-state index is -0.320. The van der Waals surface area contributed by atoms with Crippen molar-refractivity contribution in [1.82, 2.24) is 4.98 Å². The quantitative estimate of drug-likeness (QED) is 0.633. The van der Waals surface area contributed by atoms with Gasteiger partial charge in [-0.25, -0.2) is 4.39 Å². The molecule has 0 saturated heterocycles. The summed E-state index contributed by atoms with van der Waals surface area (Å²) in [6.07, 6.45) is 1.34. The van der Waals surface area contributed by atoms with Crippen LogP contribution in [0.25, 0.3) is 0 Å². The van der Waals surface area contributed by atoms with Gasteiger partial charge in [-0.15, -0.1) is 0 Å². The molecule has 0 aliphatic rings. The Labute approximate surface area is 58.3 Å². The van der Waals surface area contributed by atoms with E-state index < -0.39 is 0 Å². The summed E-state index contributed by atoms with van der Waals surface area (Å²) in [5.41, 5.74) is 0.824. The number of halogens is 1. The van der Waals surface area contributed by atoms with E-state index in [-0.39, 0.29) is 12.4 Å². The molecule has 1 aromatic rings. The van der Waals surface area contributed by atoms with Gasteiger partial charge >= 0.3 is 0 Å². The van der Waals surface area contributed by atoms with Crippen molar-refractivity contribution in [3.63, 3.8) is 0 Å². The van der Waals surface area contributed by atoms with E-state index in [0.717, 1.165) is 0 Å². The zero-order chi connectivity index (χ0) is 7.56. The van der Waals surface area contributed by atoms with Crippen LogP contribution >= 0.6 is 0 Å². The third-order valence-corrected chi connectivity index (χ3v) is 1.39. The zero-order valence-corrected chi connectivity index (χ0v) is 5.63. The predicted molar refractivity (Wildman–Crippen MR) is 34.9 cm³/mol. The van der Waals surface area contributed by atoms with Gasteiger partial charge in [0.1, 0.15) is 5.82 Å². The molecule has 1 N–H and O–H groups in total. The molecule has 1 aromatic heterocycles. The van der Waals surface area contributed by atoms with Gasteiger partial charge in [0.25, 0.3) is 0 Å². The van der Waals surface area contributed by atoms with E-state index in [9.17, 15) is 4.39 Å². The lowest BCUT2D eigenvalue weighted by Crippen LogP contribution is -1.95. The second-order valence-corrected chi connectivity index (χ2v) is 2.02. The topological polar surface area (TPSA) is 33.1 Å². The summed E-state index contributed by atoms with van der Waals surface area (Å²) in [6.45, 7) is 1.39. The highest BCUT2D eigenvalue weighted by atomic mass is 19.1. The first-order valence-electron chi connectivity index (χ1n) is 2.96. The van der Waals surface area contributed by atoms with E-state index in [1.54, 1.807) is 6.92 Å². The number of rotatable bonds is 1. The van der Waals surface area contributed by atoms with Crippen molar-refractivity contribution in [1.29, 1.82) is 0 Å². The molecule has 1 rings (SSSR count). The molecule has 0 spiro atoms. The van der Waals surface area contributed by atoms with Crippen molar-refractivity contribution in [2.45, 2.75) is 13.5 Å².